The zero-order chi connectivity index (χ0) is 17.5. The van der Waals surface area contributed by atoms with E-state index in [9.17, 15) is 9.90 Å². The van der Waals surface area contributed by atoms with Crippen LogP contribution in [0.2, 0.25) is 0 Å². The number of carboxylic acid groups (broad SMARTS) is 1. The van der Waals surface area contributed by atoms with Crippen molar-refractivity contribution in [1.82, 2.24) is 0 Å². The van der Waals surface area contributed by atoms with Crippen molar-refractivity contribution in [2.75, 3.05) is 17.6 Å². The van der Waals surface area contributed by atoms with Crippen molar-refractivity contribution in [1.29, 1.82) is 0 Å². The number of carbonyl (C=O) groups is 1. The average molecular weight is 440 g/mol. The lowest BCUT2D eigenvalue weighted by Gasteiger charge is -2.14. The van der Waals surface area contributed by atoms with Gasteiger partial charge in [0.15, 0.2) is 0 Å². The van der Waals surface area contributed by atoms with Gasteiger partial charge in [-0.15, -0.1) is 0 Å². The van der Waals surface area contributed by atoms with Crippen LogP contribution in [0.15, 0.2) is 36.4 Å². The Bertz CT molecular complexity index is 713. The Labute approximate surface area is 155 Å². The Balaban J connectivity index is 2.39. The number of benzene rings is 2. The number of aryl methyl sites for hydroxylation is 1. The second-order valence-corrected chi connectivity index (χ2v) is 6.46. The summed E-state index contributed by atoms with van der Waals surface area (Å²) < 4.78 is 12.4. The van der Waals surface area contributed by atoms with Crippen molar-refractivity contribution >= 4 is 28.6 Å². The van der Waals surface area contributed by atoms with Crippen LogP contribution >= 0.6 is 22.6 Å². The summed E-state index contributed by atoms with van der Waals surface area (Å²) in [6, 6.07) is 11.0. The number of hydrogen-bond donors (Lipinski definition) is 1. The second-order valence-electron chi connectivity index (χ2n) is 5.38. The molecule has 0 radical (unpaired) electrons. The standard InChI is InChI=1S/C19H21IO4/c1-3-9-23-18-12-15(19(21)22)4-6-16(18)14-5-7-17(13(2)11-14)24-10-8-20/h4-7,11-12H,3,8-10H2,1-2H3,(H,21,22). The van der Waals surface area contributed by atoms with Crippen LogP contribution in [0.25, 0.3) is 11.1 Å². The largest absolute Gasteiger partial charge is 0.493 e. The monoisotopic (exact) mass is 440 g/mol. The van der Waals surface area contributed by atoms with Crippen LogP contribution in [0.3, 0.4) is 0 Å². The minimum Gasteiger partial charge on any atom is -0.493 e. The molecule has 0 unspecified atom stereocenters. The first kappa shape index (κ1) is 18.6. The maximum atomic E-state index is 11.2. The van der Waals surface area contributed by atoms with Gasteiger partial charge in [0.2, 0.25) is 0 Å². The Morgan fingerprint density at radius 2 is 1.83 bits per heavy atom. The van der Waals surface area contributed by atoms with Crippen LogP contribution in [0.4, 0.5) is 0 Å². The Morgan fingerprint density at radius 3 is 2.46 bits per heavy atom. The molecule has 0 saturated heterocycles. The summed E-state index contributed by atoms with van der Waals surface area (Å²) in [5.74, 6) is 0.507. The van der Waals surface area contributed by atoms with Gasteiger partial charge in [-0.1, -0.05) is 35.6 Å². The molecule has 5 heteroatoms. The summed E-state index contributed by atoms with van der Waals surface area (Å²) in [7, 11) is 0. The van der Waals surface area contributed by atoms with Crippen LogP contribution < -0.4 is 9.47 Å². The lowest BCUT2D eigenvalue weighted by molar-refractivity contribution is 0.0696. The lowest BCUT2D eigenvalue weighted by atomic mass is 10.0. The molecule has 0 heterocycles. The molecule has 0 bridgehead atoms. The number of carboxylic acids is 1. The Morgan fingerprint density at radius 1 is 1.08 bits per heavy atom. The topological polar surface area (TPSA) is 55.8 Å². The third-order valence-electron chi connectivity index (χ3n) is 3.51. The maximum Gasteiger partial charge on any atom is 0.335 e. The number of halogens is 1. The fourth-order valence-electron chi connectivity index (χ4n) is 2.35. The van der Waals surface area contributed by atoms with E-state index in [-0.39, 0.29) is 5.56 Å². The highest BCUT2D eigenvalue weighted by molar-refractivity contribution is 14.1. The van der Waals surface area contributed by atoms with Gasteiger partial charge in [-0.05, 0) is 54.8 Å². The SMILES string of the molecule is CCCOc1cc(C(=O)O)ccc1-c1ccc(OCCI)c(C)c1. The molecule has 0 aliphatic carbocycles. The van der Waals surface area contributed by atoms with E-state index < -0.39 is 5.97 Å². The van der Waals surface area contributed by atoms with Crippen molar-refractivity contribution in [3.8, 4) is 22.6 Å². The van der Waals surface area contributed by atoms with Gasteiger partial charge in [-0.2, -0.15) is 0 Å². The van der Waals surface area contributed by atoms with Crippen molar-refractivity contribution in [3.63, 3.8) is 0 Å². The fourth-order valence-corrected chi connectivity index (χ4v) is 2.57. The third kappa shape index (κ3) is 4.63. The average Bonchev–Trinajstić information content (AvgIpc) is 2.58. The van der Waals surface area contributed by atoms with Gasteiger partial charge in [0.1, 0.15) is 11.5 Å². The van der Waals surface area contributed by atoms with Crippen LogP contribution in [0, 0.1) is 6.92 Å². The molecule has 2 aromatic rings. The summed E-state index contributed by atoms with van der Waals surface area (Å²) in [5.41, 5.74) is 3.14. The van der Waals surface area contributed by atoms with E-state index in [0.29, 0.717) is 19.0 Å². The zero-order valence-corrected chi connectivity index (χ0v) is 16.0. The molecule has 0 fully saturated rings. The fraction of sp³-hybridized carbons (Fsp3) is 0.316. The van der Waals surface area contributed by atoms with Gasteiger partial charge in [0.05, 0.1) is 18.8 Å². The quantitative estimate of drug-likeness (QED) is 0.466. The van der Waals surface area contributed by atoms with Crippen LogP contribution in [0.1, 0.15) is 29.3 Å². The van der Waals surface area contributed by atoms with Crippen LogP contribution in [-0.4, -0.2) is 28.7 Å². The van der Waals surface area contributed by atoms with Crippen LogP contribution in [0.5, 0.6) is 11.5 Å². The molecule has 2 rings (SSSR count). The minimum absolute atomic E-state index is 0.226. The molecule has 0 aliphatic heterocycles. The van der Waals surface area contributed by atoms with E-state index in [1.165, 1.54) is 0 Å². The van der Waals surface area contributed by atoms with Crippen molar-refractivity contribution in [2.45, 2.75) is 20.3 Å². The first-order chi connectivity index (χ1) is 11.6. The van der Waals surface area contributed by atoms with E-state index in [0.717, 1.165) is 33.3 Å². The number of ether oxygens (including phenoxy) is 2. The molecular weight excluding hydrogens is 419 g/mol. The molecule has 4 nitrogen and oxygen atoms in total. The molecule has 24 heavy (non-hydrogen) atoms. The number of alkyl halides is 1. The number of rotatable bonds is 8. The summed E-state index contributed by atoms with van der Waals surface area (Å²) in [5, 5.41) is 9.19. The predicted octanol–water partition coefficient (Wildman–Crippen LogP) is 4.96. The summed E-state index contributed by atoms with van der Waals surface area (Å²) in [6.45, 7) is 5.25. The maximum absolute atomic E-state index is 11.2. The van der Waals surface area contributed by atoms with E-state index in [4.69, 9.17) is 9.47 Å². The Hall–Kier alpha value is -1.76. The molecule has 0 spiro atoms. The summed E-state index contributed by atoms with van der Waals surface area (Å²) >= 11 is 2.28. The van der Waals surface area contributed by atoms with Gasteiger partial charge >= 0.3 is 5.97 Å². The van der Waals surface area contributed by atoms with Gasteiger partial charge < -0.3 is 14.6 Å². The first-order valence-corrected chi connectivity index (χ1v) is 9.39. The summed E-state index contributed by atoms with van der Waals surface area (Å²) in [4.78, 5) is 11.2. The van der Waals surface area contributed by atoms with Gasteiger partial charge in [0, 0.05) is 9.99 Å². The molecule has 128 valence electrons. The molecule has 0 saturated carbocycles. The third-order valence-corrected chi connectivity index (χ3v) is 3.95. The zero-order valence-electron chi connectivity index (χ0n) is 13.8. The van der Waals surface area contributed by atoms with Crippen molar-refractivity contribution in [2.24, 2.45) is 0 Å². The molecule has 0 atom stereocenters. The smallest absolute Gasteiger partial charge is 0.335 e. The molecule has 0 aromatic heterocycles. The van der Waals surface area contributed by atoms with Gasteiger partial charge in [-0.25, -0.2) is 4.79 Å². The second kappa shape index (κ2) is 8.92. The molecule has 0 aliphatic rings. The van der Waals surface area contributed by atoms with Gasteiger partial charge in [-0.3, -0.25) is 0 Å². The van der Waals surface area contributed by atoms with E-state index in [1.54, 1.807) is 18.2 Å². The molecule has 2 aromatic carbocycles. The molecular formula is C19H21IO4. The first-order valence-electron chi connectivity index (χ1n) is 7.86. The minimum atomic E-state index is -0.957. The molecule has 1 N–H and O–H groups in total. The highest BCUT2D eigenvalue weighted by atomic mass is 127. The normalized spacial score (nSPS) is 10.5. The summed E-state index contributed by atoms with van der Waals surface area (Å²) in [6.07, 6.45) is 0.860. The van der Waals surface area contributed by atoms with Gasteiger partial charge in [0.25, 0.3) is 0 Å². The lowest BCUT2D eigenvalue weighted by Crippen LogP contribution is -2.02. The predicted molar refractivity (Wildman–Crippen MR) is 104 cm³/mol. The molecule has 0 amide bonds. The number of aromatic carboxylic acids is 1. The van der Waals surface area contributed by atoms with E-state index >= 15 is 0 Å². The highest BCUT2D eigenvalue weighted by Gasteiger charge is 2.12. The van der Waals surface area contributed by atoms with E-state index in [1.807, 2.05) is 32.0 Å². The van der Waals surface area contributed by atoms with Crippen molar-refractivity contribution < 1.29 is 19.4 Å². The number of hydrogen-bond acceptors (Lipinski definition) is 3. The van der Waals surface area contributed by atoms with Crippen LogP contribution in [-0.2, 0) is 0 Å². The van der Waals surface area contributed by atoms with Crippen molar-refractivity contribution in [3.05, 3.63) is 47.5 Å². The highest BCUT2D eigenvalue weighted by Crippen LogP contribution is 2.34. The van der Waals surface area contributed by atoms with E-state index in [2.05, 4.69) is 22.6 Å². The Kier molecular flexibility index (Phi) is 6.90.